The van der Waals surface area contributed by atoms with Crippen molar-refractivity contribution in [2.24, 2.45) is 0 Å². The molecule has 0 bridgehead atoms. The number of hydrogen-bond donors (Lipinski definition) is 1. The van der Waals surface area contributed by atoms with Gasteiger partial charge in [0.1, 0.15) is 5.60 Å². The molecule has 1 aliphatic rings. The van der Waals surface area contributed by atoms with Crippen molar-refractivity contribution in [2.45, 2.75) is 57.2 Å². The molecule has 0 spiro atoms. The van der Waals surface area contributed by atoms with Crippen molar-refractivity contribution in [3.63, 3.8) is 0 Å². The van der Waals surface area contributed by atoms with E-state index >= 15 is 0 Å². The largest absolute Gasteiger partial charge is 0.377 e. The molecule has 80 valence electrons. The molecule has 0 aromatic heterocycles. The van der Waals surface area contributed by atoms with Crippen molar-refractivity contribution in [1.29, 1.82) is 0 Å². The van der Waals surface area contributed by atoms with Gasteiger partial charge in [0, 0.05) is 23.9 Å². The van der Waals surface area contributed by atoms with Gasteiger partial charge in [-0.25, -0.2) is 0 Å². The van der Waals surface area contributed by atoms with Gasteiger partial charge in [-0.15, -0.1) is 6.42 Å². The van der Waals surface area contributed by atoms with E-state index in [0.29, 0.717) is 12.8 Å². The third kappa shape index (κ3) is 1.80. The van der Waals surface area contributed by atoms with Gasteiger partial charge < -0.3 is 5.11 Å². The van der Waals surface area contributed by atoms with Crippen molar-refractivity contribution < 1.29 is 5.11 Å². The first-order valence-electron chi connectivity index (χ1n) is 5.07. The monoisotopic (exact) mass is 195 g/mol. The van der Waals surface area contributed by atoms with Crippen LogP contribution < -0.4 is 0 Å². The maximum atomic E-state index is 10.2. The highest BCUT2D eigenvalue weighted by atomic mass is 16.3. The summed E-state index contributed by atoms with van der Waals surface area (Å²) in [5.41, 5.74) is -1.05. The van der Waals surface area contributed by atoms with E-state index in [2.05, 4.69) is 45.6 Å². The molecule has 0 atom stereocenters. The molecule has 14 heavy (non-hydrogen) atoms. The Labute approximate surface area is 87.3 Å². The minimum absolute atomic E-state index is 0.0527. The van der Waals surface area contributed by atoms with Crippen molar-refractivity contribution in [3.05, 3.63) is 0 Å². The number of rotatable bonds is 0. The number of nitrogens with zero attached hydrogens (tertiary/aromatic N) is 1. The van der Waals surface area contributed by atoms with Gasteiger partial charge >= 0.3 is 0 Å². The Hall–Kier alpha value is -0.520. The quantitative estimate of drug-likeness (QED) is 0.594. The Balaban J connectivity index is 3.05. The molecular formula is C12H21NO. The summed E-state index contributed by atoms with van der Waals surface area (Å²) in [7, 11) is 2.09. The van der Waals surface area contributed by atoms with Crippen LogP contribution in [0.4, 0.5) is 0 Å². The van der Waals surface area contributed by atoms with Gasteiger partial charge in [-0.05, 0) is 34.7 Å². The average Bonchev–Trinajstić information content (AvgIpc) is 1.99. The van der Waals surface area contributed by atoms with E-state index in [4.69, 9.17) is 6.42 Å². The van der Waals surface area contributed by atoms with Crippen LogP contribution in [-0.4, -0.2) is 33.7 Å². The predicted octanol–water partition coefficient (Wildman–Crippen LogP) is 1.63. The Morgan fingerprint density at radius 1 is 1.14 bits per heavy atom. The lowest BCUT2D eigenvalue weighted by Gasteiger charge is -2.55. The molecule has 2 nitrogen and oxygen atoms in total. The topological polar surface area (TPSA) is 23.5 Å². The van der Waals surface area contributed by atoms with Gasteiger partial charge in [-0.3, -0.25) is 4.90 Å². The van der Waals surface area contributed by atoms with Crippen molar-refractivity contribution in [3.8, 4) is 12.3 Å². The molecule has 1 N–H and O–H groups in total. The normalized spacial score (nSPS) is 29.5. The lowest BCUT2D eigenvalue weighted by atomic mass is 9.72. The van der Waals surface area contributed by atoms with Crippen LogP contribution in [-0.2, 0) is 0 Å². The van der Waals surface area contributed by atoms with E-state index in [-0.39, 0.29) is 11.1 Å². The fourth-order valence-electron chi connectivity index (χ4n) is 2.65. The summed E-state index contributed by atoms with van der Waals surface area (Å²) in [4.78, 5) is 2.30. The summed E-state index contributed by atoms with van der Waals surface area (Å²) in [6, 6.07) is 0. The SMILES string of the molecule is C#CC1(O)CC(C)(C)N(C)C(C)(C)C1. The van der Waals surface area contributed by atoms with Crippen LogP contribution in [0.5, 0.6) is 0 Å². The van der Waals surface area contributed by atoms with Crippen LogP contribution in [0.1, 0.15) is 40.5 Å². The molecule has 0 radical (unpaired) electrons. The fraction of sp³-hybridized carbons (Fsp3) is 0.833. The lowest BCUT2D eigenvalue weighted by Crippen LogP contribution is -2.63. The maximum Gasteiger partial charge on any atom is 0.128 e. The number of piperidine rings is 1. The Kier molecular flexibility index (Phi) is 2.46. The Bertz CT molecular complexity index is 255. The number of hydrogen-bond acceptors (Lipinski definition) is 2. The fourth-order valence-corrected chi connectivity index (χ4v) is 2.65. The van der Waals surface area contributed by atoms with Gasteiger partial charge in [-0.2, -0.15) is 0 Å². The lowest BCUT2D eigenvalue weighted by molar-refractivity contribution is -0.0952. The second kappa shape index (κ2) is 2.98. The molecular weight excluding hydrogens is 174 g/mol. The maximum absolute atomic E-state index is 10.2. The summed E-state index contributed by atoms with van der Waals surface area (Å²) in [6.45, 7) is 8.48. The number of aliphatic hydroxyl groups is 1. The van der Waals surface area contributed by atoms with Gasteiger partial charge in [0.05, 0.1) is 0 Å². The smallest absolute Gasteiger partial charge is 0.128 e. The molecule has 0 aromatic carbocycles. The van der Waals surface area contributed by atoms with Crippen molar-refractivity contribution in [1.82, 2.24) is 4.90 Å². The van der Waals surface area contributed by atoms with E-state index in [9.17, 15) is 5.11 Å². The minimum Gasteiger partial charge on any atom is -0.377 e. The molecule has 1 fully saturated rings. The Morgan fingerprint density at radius 2 is 1.50 bits per heavy atom. The summed E-state index contributed by atoms with van der Waals surface area (Å²) >= 11 is 0. The van der Waals surface area contributed by atoms with E-state index in [1.165, 1.54) is 0 Å². The van der Waals surface area contributed by atoms with Gasteiger partial charge in [0.25, 0.3) is 0 Å². The third-order valence-corrected chi connectivity index (χ3v) is 3.53. The second-order valence-electron chi connectivity index (χ2n) is 5.71. The number of terminal acetylenes is 1. The van der Waals surface area contributed by atoms with Crippen molar-refractivity contribution >= 4 is 0 Å². The summed E-state index contributed by atoms with van der Waals surface area (Å²) in [5, 5.41) is 10.2. The van der Waals surface area contributed by atoms with Crippen LogP contribution in [0.2, 0.25) is 0 Å². The van der Waals surface area contributed by atoms with Gasteiger partial charge in [0.2, 0.25) is 0 Å². The zero-order valence-corrected chi connectivity index (χ0v) is 9.89. The first kappa shape index (κ1) is 11.6. The van der Waals surface area contributed by atoms with Crippen LogP contribution >= 0.6 is 0 Å². The molecule has 2 heteroatoms. The molecule has 1 aliphatic heterocycles. The summed E-state index contributed by atoms with van der Waals surface area (Å²) in [5.74, 6) is 2.54. The second-order valence-corrected chi connectivity index (χ2v) is 5.71. The van der Waals surface area contributed by atoms with E-state index in [1.807, 2.05) is 0 Å². The zero-order chi connectivity index (χ0) is 11.2. The van der Waals surface area contributed by atoms with Gasteiger partial charge in [0.15, 0.2) is 0 Å². The van der Waals surface area contributed by atoms with E-state index in [0.717, 1.165) is 0 Å². The van der Waals surface area contributed by atoms with E-state index in [1.54, 1.807) is 0 Å². The van der Waals surface area contributed by atoms with E-state index < -0.39 is 5.60 Å². The third-order valence-electron chi connectivity index (χ3n) is 3.53. The number of likely N-dealkylation sites (tertiary alicyclic amines) is 1. The molecule has 0 unspecified atom stereocenters. The first-order valence-corrected chi connectivity index (χ1v) is 5.07. The average molecular weight is 195 g/mol. The van der Waals surface area contributed by atoms with Crippen LogP contribution in [0.15, 0.2) is 0 Å². The van der Waals surface area contributed by atoms with Crippen molar-refractivity contribution in [2.75, 3.05) is 7.05 Å². The highest BCUT2D eigenvalue weighted by molar-refractivity contribution is 5.17. The first-order chi connectivity index (χ1) is 6.13. The molecule has 0 aromatic rings. The highest BCUT2D eigenvalue weighted by Gasteiger charge is 2.49. The van der Waals surface area contributed by atoms with Crippen LogP contribution in [0, 0.1) is 12.3 Å². The molecule has 1 rings (SSSR count). The molecule has 0 aliphatic carbocycles. The minimum atomic E-state index is -0.945. The summed E-state index contributed by atoms with van der Waals surface area (Å²) in [6.07, 6.45) is 6.68. The highest BCUT2D eigenvalue weighted by Crippen LogP contribution is 2.41. The molecule has 0 amide bonds. The van der Waals surface area contributed by atoms with Crippen LogP contribution in [0.3, 0.4) is 0 Å². The van der Waals surface area contributed by atoms with Gasteiger partial charge in [-0.1, -0.05) is 5.92 Å². The van der Waals surface area contributed by atoms with Crippen LogP contribution in [0.25, 0.3) is 0 Å². The molecule has 1 heterocycles. The molecule has 1 saturated heterocycles. The Morgan fingerprint density at radius 3 is 1.79 bits per heavy atom. The standard InChI is InChI=1S/C12H21NO/c1-7-12(14)8-10(2,3)13(6)11(4,5)9-12/h1,14H,8-9H2,2-6H3. The zero-order valence-electron chi connectivity index (χ0n) is 9.89. The predicted molar refractivity (Wildman–Crippen MR) is 58.9 cm³/mol. The summed E-state index contributed by atoms with van der Waals surface area (Å²) < 4.78 is 0. The molecule has 0 saturated carbocycles.